The minimum atomic E-state index is 0.276. The molecule has 0 amide bonds. The predicted molar refractivity (Wildman–Crippen MR) is 65.0 cm³/mol. The Kier molecular flexibility index (Phi) is 2.68. The number of fused-ring (bicyclic) bond motifs is 1. The molecule has 2 aromatic rings. The minimum absolute atomic E-state index is 0.276. The van der Waals surface area contributed by atoms with Crippen LogP contribution in [0.4, 0.5) is 0 Å². The lowest BCUT2D eigenvalue weighted by Crippen LogP contribution is -2.37. The summed E-state index contributed by atoms with van der Waals surface area (Å²) in [7, 11) is 1.89. The number of hydrogen-bond donors (Lipinski definition) is 1. The van der Waals surface area contributed by atoms with Crippen molar-refractivity contribution in [1.29, 1.82) is 0 Å². The second-order valence-electron chi connectivity index (χ2n) is 4.45. The van der Waals surface area contributed by atoms with Gasteiger partial charge in [-0.05, 0) is 31.5 Å². The largest absolute Gasteiger partial charge is 0.489 e. The molecule has 1 saturated heterocycles. The van der Waals surface area contributed by atoms with Crippen LogP contribution < -0.4 is 10.1 Å². The first-order valence-corrected chi connectivity index (χ1v) is 6.00. The second-order valence-corrected chi connectivity index (χ2v) is 4.45. The highest BCUT2D eigenvalue weighted by Gasteiger charge is 2.14. The lowest BCUT2D eigenvalue weighted by Gasteiger charge is -2.23. The van der Waals surface area contributed by atoms with E-state index in [-0.39, 0.29) is 6.10 Å². The maximum absolute atomic E-state index is 5.93. The van der Waals surface area contributed by atoms with Crippen LogP contribution in [0.15, 0.2) is 18.2 Å². The molecule has 2 heterocycles. The lowest BCUT2D eigenvalue weighted by atomic mass is 10.1. The third-order valence-corrected chi connectivity index (χ3v) is 3.14. The van der Waals surface area contributed by atoms with Crippen molar-refractivity contribution in [1.82, 2.24) is 20.3 Å². The number of benzene rings is 1. The molecule has 1 fully saturated rings. The van der Waals surface area contributed by atoms with Gasteiger partial charge in [-0.1, -0.05) is 5.21 Å². The van der Waals surface area contributed by atoms with E-state index in [0.29, 0.717) is 0 Å². The number of aromatic nitrogens is 3. The summed E-state index contributed by atoms with van der Waals surface area (Å²) in [5, 5.41) is 11.4. The van der Waals surface area contributed by atoms with Gasteiger partial charge >= 0.3 is 0 Å². The Hall–Kier alpha value is -1.62. The summed E-state index contributed by atoms with van der Waals surface area (Å²) < 4.78 is 7.70. The quantitative estimate of drug-likeness (QED) is 0.842. The van der Waals surface area contributed by atoms with Crippen LogP contribution in [0.5, 0.6) is 5.75 Å². The highest BCUT2D eigenvalue weighted by molar-refractivity contribution is 5.75. The monoisotopic (exact) mass is 232 g/mol. The number of piperidine rings is 1. The number of aryl methyl sites for hydroxylation is 1. The summed E-state index contributed by atoms with van der Waals surface area (Å²) in [6, 6.07) is 5.94. The molecule has 90 valence electrons. The molecule has 1 N–H and O–H groups in total. The maximum Gasteiger partial charge on any atom is 0.122 e. The molecule has 1 unspecified atom stereocenters. The predicted octanol–water partition coefficient (Wildman–Crippen LogP) is 1.10. The fraction of sp³-hybridized carbons (Fsp3) is 0.500. The van der Waals surface area contributed by atoms with Gasteiger partial charge in [-0.2, -0.15) is 0 Å². The first-order valence-electron chi connectivity index (χ1n) is 6.00. The van der Waals surface area contributed by atoms with E-state index in [1.165, 1.54) is 6.42 Å². The van der Waals surface area contributed by atoms with Crippen molar-refractivity contribution in [2.45, 2.75) is 18.9 Å². The Balaban J connectivity index is 1.80. The summed E-state index contributed by atoms with van der Waals surface area (Å²) in [6.07, 6.45) is 2.57. The first kappa shape index (κ1) is 10.5. The van der Waals surface area contributed by atoms with Crippen molar-refractivity contribution in [3.63, 3.8) is 0 Å². The fourth-order valence-electron chi connectivity index (χ4n) is 2.21. The van der Waals surface area contributed by atoms with Crippen molar-refractivity contribution in [2.24, 2.45) is 7.05 Å². The third kappa shape index (κ3) is 2.10. The number of ether oxygens (including phenoxy) is 1. The first-order chi connectivity index (χ1) is 8.33. The van der Waals surface area contributed by atoms with Crippen LogP contribution in [0.1, 0.15) is 12.8 Å². The smallest absolute Gasteiger partial charge is 0.122 e. The van der Waals surface area contributed by atoms with Crippen LogP contribution in [0.2, 0.25) is 0 Å². The van der Waals surface area contributed by atoms with Crippen molar-refractivity contribution in [3.05, 3.63) is 18.2 Å². The van der Waals surface area contributed by atoms with Gasteiger partial charge in [-0.25, -0.2) is 4.68 Å². The van der Waals surface area contributed by atoms with Gasteiger partial charge in [0.25, 0.3) is 0 Å². The second kappa shape index (κ2) is 4.33. The molecular formula is C12H16N4O. The van der Waals surface area contributed by atoms with Gasteiger partial charge in [0.15, 0.2) is 0 Å². The van der Waals surface area contributed by atoms with Crippen molar-refractivity contribution in [2.75, 3.05) is 13.1 Å². The Morgan fingerprint density at radius 3 is 3.24 bits per heavy atom. The summed E-state index contributed by atoms with van der Waals surface area (Å²) in [5.74, 6) is 0.881. The number of rotatable bonds is 2. The molecule has 1 aliphatic rings. The highest BCUT2D eigenvalue weighted by Crippen LogP contribution is 2.20. The molecule has 1 aliphatic heterocycles. The average Bonchev–Trinajstić information content (AvgIpc) is 2.72. The van der Waals surface area contributed by atoms with E-state index >= 15 is 0 Å². The Labute approximate surface area is 99.8 Å². The molecule has 5 nitrogen and oxygen atoms in total. The minimum Gasteiger partial charge on any atom is -0.489 e. The summed E-state index contributed by atoms with van der Waals surface area (Å²) in [6.45, 7) is 2.03. The van der Waals surface area contributed by atoms with Crippen molar-refractivity contribution >= 4 is 11.0 Å². The van der Waals surface area contributed by atoms with E-state index < -0.39 is 0 Å². The van der Waals surface area contributed by atoms with Crippen LogP contribution in [-0.4, -0.2) is 34.2 Å². The molecule has 5 heteroatoms. The Morgan fingerprint density at radius 1 is 1.47 bits per heavy atom. The topological polar surface area (TPSA) is 52.0 Å². The van der Waals surface area contributed by atoms with Crippen LogP contribution >= 0.6 is 0 Å². The zero-order chi connectivity index (χ0) is 11.7. The van der Waals surface area contributed by atoms with E-state index in [9.17, 15) is 0 Å². The van der Waals surface area contributed by atoms with Gasteiger partial charge in [0, 0.05) is 19.7 Å². The van der Waals surface area contributed by atoms with Gasteiger partial charge in [0.1, 0.15) is 17.4 Å². The third-order valence-electron chi connectivity index (χ3n) is 3.14. The SMILES string of the molecule is Cn1nnc2cc(OC3CCCNC3)ccc21. The fourth-order valence-corrected chi connectivity index (χ4v) is 2.21. The molecule has 3 rings (SSSR count). The highest BCUT2D eigenvalue weighted by atomic mass is 16.5. The molecule has 0 spiro atoms. The molecule has 1 atom stereocenters. The van der Waals surface area contributed by atoms with E-state index in [1.807, 2.05) is 25.2 Å². The number of hydrogen-bond acceptors (Lipinski definition) is 4. The van der Waals surface area contributed by atoms with E-state index in [4.69, 9.17) is 4.74 Å². The number of nitrogens with one attached hydrogen (secondary N) is 1. The molecule has 0 radical (unpaired) electrons. The van der Waals surface area contributed by atoms with Gasteiger partial charge in [-0.15, -0.1) is 5.10 Å². The molecule has 0 saturated carbocycles. The van der Waals surface area contributed by atoms with Gasteiger partial charge in [0.05, 0.1) is 5.52 Å². The Morgan fingerprint density at radius 2 is 2.41 bits per heavy atom. The van der Waals surface area contributed by atoms with Crippen LogP contribution in [0, 0.1) is 0 Å². The summed E-state index contributed by atoms with van der Waals surface area (Å²) >= 11 is 0. The Bertz CT molecular complexity index is 516. The summed E-state index contributed by atoms with van der Waals surface area (Å²) in [4.78, 5) is 0. The van der Waals surface area contributed by atoms with Gasteiger partial charge in [-0.3, -0.25) is 0 Å². The van der Waals surface area contributed by atoms with Crippen LogP contribution in [-0.2, 0) is 7.05 Å². The van der Waals surface area contributed by atoms with Crippen molar-refractivity contribution < 1.29 is 4.74 Å². The van der Waals surface area contributed by atoms with E-state index in [2.05, 4.69) is 15.6 Å². The zero-order valence-electron chi connectivity index (χ0n) is 9.89. The van der Waals surface area contributed by atoms with Crippen molar-refractivity contribution in [3.8, 4) is 5.75 Å². The number of nitrogens with zero attached hydrogens (tertiary/aromatic N) is 3. The molecule has 0 bridgehead atoms. The van der Waals surface area contributed by atoms with Crippen LogP contribution in [0.3, 0.4) is 0 Å². The van der Waals surface area contributed by atoms with Gasteiger partial charge < -0.3 is 10.1 Å². The average molecular weight is 232 g/mol. The lowest BCUT2D eigenvalue weighted by molar-refractivity contribution is 0.167. The zero-order valence-corrected chi connectivity index (χ0v) is 9.89. The van der Waals surface area contributed by atoms with Crippen LogP contribution in [0.25, 0.3) is 11.0 Å². The normalized spacial score (nSPS) is 20.6. The maximum atomic E-state index is 5.93. The van der Waals surface area contributed by atoms with Gasteiger partial charge in [0.2, 0.25) is 0 Å². The molecule has 1 aromatic carbocycles. The summed E-state index contributed by atoms with van der Waals surface area (Å²) in [5.41, 5.74) is 1.91. The van der Waals surface area contributed by atoms with E-state index in [1.54, 1.807) is 4.68 Å². The molecule has 0 aliphatic carbocycles. The van der Waals surface area contributed by atoms with E-state index in [0.717, 1.165) is 36.3 Å². The standard InChI is InChI=1S/C12H16N4O/c1-16-12-5-4-9(7-11(12)14-15-16)17-10-3-2-6-13-8-10/h4-5,7,10,13H,2-3,6,8H2,1H3. The molecule has 17 heavy (non-hydrogen) atoms. The molecular weight excluding hydrogens is 216 g/mol. The molecule has 1 aromatic heterocycles.